The number of benzene rings is 1. The third-order valence-electron chi connectivity index (χ3n) is 2.31. The van der Waals surface area contributed by atoms with Gasteiger partial charge < -0.3 is 11.1 Å². The summed E-state index contributed by atoms with van der Waals surface area (Å²) in [5.74, 6) is -0.327. The fourth-order valence-corrected chi connectivity index (χ4v) is 1.52. The molecule has 0 aliphatic rings. The lowest BCUT2D eigenvalue weighted by molar-refractivity contribution is -0.117. The zero-order valence-electron chi connectivity index (χ0n) is 10.2. The molecule has 4 nitrogen and oxygen atoms in total. The Morgan fingerprint density at radius 3 is 2.83 bits per heavy atom. The quantitative estimate of drug-likeness (QED) is 0.807. The number of nitrogens with one attached hydrogen (secondary N) is 1. The van der Waals surface area contributed by atoms with Gasteiger partial charge in [0.15, 0.2) is 0 Å². The fraction of sp³-hybridized carbons (Fsp3) is 0.417. The molecule has 0 bridgehead atoms. The molecule has 0 aliphatic heterocycles. The van der Waals surface area contributed by atoms with Gasteiger partial charge in [-0.1, -0.05) is 12.1 Å². The highest BCUT2D eigenvalue weighted by Gasteiger charge is 2.11. The van der Waals surface area contributed by atoms with Crippen LogP contribution >= 0.6 is 0 Å². The summed E-state index contributed by atoms with van der Waals surface area (Å²) in [5.41, 5.74) is 7.00. The smallest absolute Gasteiger partial charge is 0.251 e. The Kier molecular flexibility index (Phi) is 5.67. The molecule has 0 saturated carbocycles. The minimum atomic E-state index is -2.44. The van der Waals surface area contributed by atoms with E-state index >= 15 is 0 Å². The molecule has 1 aromatic carbocycles. The average Bonchev–Trinajstić information content (AvgIpc) is 2.27. The van der Waals surface area contributed by atoms with Gasteiger partial charge >= 0.3 is 0 Å². The largest absolute Gasteiger partial charge is 0.326 e. The predicted octanol–water partition coefficient (Wildman–Crippen LogP) is 1.28. The van der Waals surface area contributed by atoms with Crippen LogP contribution in [0, 0.1) is 0 Å². The van der Waals surface area contributed by atoms with Crippen molar-refractivity contribution in [2.45, 2.75) is 13.0 Å². The van der Waals surface area contributed by atoms with Gasteiger partial charge in [-0.2, -0.15) is 0 Å². The van der Waals surface area contributed by atoms with Crippen LogP contribution in [-0.2, 0) is 11.3 Å². The topological polar surface area (TPSA) is 58.4 Å². The van der Waals surface area contributed by atoms with Crippen LogP contribution in [-0.4, -0.2) is 37.4 Å². The minimum absolute atomic E-state index is 0.0722. The van der Waals surface area contributed by atoms with E-state index in [-0.39, 0.29) is 12.5 Å². The number of nitrogens with two attached hydrogens (primary N) is 1. The maximum atomic E-state index is 12.1. The molecular weight excluding hydrogens is 240 g/mol. The monoisotopic (exact) mass is 257 g/mol. The molecule has 0 saturated heterocycles. The Morgan fingerprint density at radius 2 is 2.22 bits per heavy atom. The van der Waals surface area contributed by atoms with Gasteiger partial charge in [0.1, 0.15) is 0 Å². The predicted molar refractivity (Wildman–Crippen MR) is 66.5 cm³/mol. The molecule has 0 aliphatic carbocycles. The highest BCUT2D eigenvalue weighted by atomic mass is 19.3. The first kappa shape index (κ1) is 14.5. The van der Waals surface area contributed by atoms with Gasteiger partial charge in [0.05, 0.1) is 13.1 Å². The summed E-state index contributed by atoms with van der Waals surface area (Å²) in [6.07, 6.45) is -2.44. The molecule has 0 spiro atoms. The van der Waals surface area contributed by atoms with Gasteiger partial charge in [-0.3, -0.25) is 9.69 Å². The molecule has 1 aromatic rings. The first-order valence-corrected chi connectivity index (χ1v) is 5.57. The van der Waals surface area contributed by atoms with Crippen LogP contribution in [0.3, 0.4) is 0 Å². The number of alkyl halides is 2. The first-order chi connectivity index (χ1) is 8.51. The van der Waals surface area contributed by atoms with Crippen molar-refractivity contribution in [2.75, 3.05) is 25.5 Å². The Hall–Kier alpha value is -1.53. The summed E-state index contributed by atoms with van der Waals surface area (Å²) in [6.45, 7) is -0.109. The summed E-state index contributed by atoms with van der Waals surface area (Å²) in [6, 6.07) is 7.11. The summed E-state index contributed by atoms with van der Waals surface area (Å²) in [7, 11) is 1.47. The number of amides is 1. The maximum Gasteiger partial charge on any atom is 0.251 e. The summed E-state index contributed by atoms with van der Waals surface area (Å²) < 4.78 is 24.1. The van der Waals surface area contributed by atoms with E-state index in [4.69, 9.17) is 5.73 Å². The van der Waals surface area contributed by atoms with Gasteiger partial charge in [0, 0.05) is 12.2 Å². The Labute approximate surface area is 105 Å². The third kappa shape index (κ3) is 5.20. The van der Waals surface area contributed by atoms with Gasteiger partial charge in [-0.25, -0.2) is 8.78 Å². The molecule has 0 heterocycles. The lowest BCUT2D eigenvalue weighted by Gasteiger charge is -2.15. The lowest BCUT2D eigenvalue weighted by atomic mass is 10.2. The van der Waals surface area contributed by atoms with Crippen LogP contribution in [0.5, 0.6) is 0 Å². The number of hydrogen-bond acceptors (Lipinski definition) is 3. The van der Waals surface area contributed by atoms with Crippen LogP contribution in [0.1, 0.15) is 5.56 Å². The van der Waals surface area contributed by atoms with E-state index in [0.29, 0.717) is 12.2 Å². The number of anilines is 1. The number of carbonyl (C=O) groups excluding carboxylic acids is 1. The van der Waals surface area contributed by atoms with Gasteiger partial charge in [-0.15, -0.1) is 0 Å². The molecule has 1 amide bonds. The highest BCUT2D eigenvalue weighted by Crippen LogP contribution is 2.10. The molecule has 0 atom stereocenters. The number of halogens is 2. The van der Waals surface area contributed by atoms with Gasteiger partial charge in [0.2, 0.25) is 5.91 Å². The number of hydrogen-bond donors (Lipinski definition) is 2. The molecule has 0 unspecified atom stereocenters. The van der Waals surface area contributed by atoms with Gasteiger partial charge in [0.25, 0.3) is 6.43 Å². The van der Waals surface area contributed by atoms with E-state index in [1.807, 2.05) is 6.07 Å². The number of likely N-dealkylation sites (N-methyl/N-ethyl adjacent to an activating group) is 1. The first-order valence-electron chi connectivity index (χ1n) is 5.57. The SMILES string of the molecule is CN(CC(=O)Nc1cccc(CN)c1)CC(F)F. The highest BCUT2D eigenvalue weighted by molar-refractivity contribution is 5.92. The van der Waals surface area contributed by atoms with Crippen molar-refractivity contribution in [2.24, 2.45) is 5.73 Å². The molecule has 6 heteroatoms. The van der Waals surface area contributed by atoms with E-state index < -0.39 is 13.0 Å². The van der Waals surface area contributed by atoms with Crippen LogP contribution in [0.15, 0.2) is 24.3 Å². The zero-order chi connectivity index (χ0) is 13.5. The molecule has 100 valence electrons. The maximum absolute atomic E-state index is 12.1. The second-order valence-corrected chi connectivity index (χ2v) is 4.04. The van der Waals surface area contributed by atoms with Crippen LogP contribution < -0.4 is 11.1 Å². The van der Waals surface area contributed by atoms with Crippen LogP contribution in [0.2, 0.25) is 0 Å². The minimum Gasteiger partial charge on any atom is -0.326 e. The molecule has 1 rings (SSSR count). The fourth-order valence-electron chi connectivity index (χ4n) is 1.52. The second-order valence-electron chi connectivity index (χ2n) is 4.04. The van der Waals surface area contributed by atoms with E-state index in [0.717, 1.165) is 5.56 Å². The standard InChI is InChI=1S/C12H17F2N3O/c1-17(7-11(13)14)8-12(18)16-10-4-2-3-9(5-10)6-15/h2-5,11H,6-8,15H2,1H3,(H,16,18). The Bertz CT molecular complexity index is 399. The average molecular weight is 257 g/mol. The normalized spacial score (nSPS) is 11.0. The van der Waals surface area contributed by atoms with Crippen molar-refractivity contribution >= 4 is 11.6 Å². The Morgan fingerprint density at radius 1 is 1.50 bits per heavy atom. The number of rotatable bonds is 6. The lowest BCUT2D eigenvalue weighted by Crippen LogP contribution is -2.33. The van der Waals surface area contributed by atoms with Crippen molar-refractivity contribution in [3.63, 3.8) is 0 Å². The van der Waals surface area contributed by atoms with E-state index in [9.17, 15) is 13.6 Å². The number of carbonyl (C=O) groups is 1. The Balaban J connectivity index is 2.48. The van der Waals surface area contributed by atoms with E-state index in [2.05, 4.69) is 5.32 Å². The molecule has 0 aromatic heterocycles. The second kappa shape index (κ2) is 7.03. The zero-order valence-corrected chi connectivity index (χ0v) is 10.2. The number of nitrogens with zero attached hydrogens (tertiary/aromatic N) is 1. The van der Waals surface area contributed by atoms with Crippen LogP contribution in [0.4, 0.5) is 14.5 Å². The molecule has 18 heavy (non-hydrogen) atoms. The molecule has 0 radical (unpaired) electrons. The van der Waals surface area contributed by atoms with Crippen LogP contribution in [0.25, 0.3) is 0 Å². The molecule has 0 fully saturated rings. The van der Waals surface area contributed by atoms with E-state index in [1.165, 1.54) is 11.9 Å². The molecule has 3 N–H and O–H groups in total. The van der Waals surface area contributed by atoms with Crippen molar-refractivity contribution in [1.82, 2.24) is 4.90 Å². The van der Waals surface area contributed by atoms with Crippen molar-refractivity contribution in [3.8, 4) is 0 Å². The summed E-state index contributed by atoms with van der Waals surface area (Å²) in [5, 5.41) is 2.64. The molecular formula is C12H17F2N3O. The van der Waals surface area contributed by atoms with Crippen molar-refractivity contribution in [3.05, 3.63) is 29.8 Å². The van der Waals surface area contributed by atoms with Crippen molar-refractivity contribution < 1.29 is 13.6 Å². The third-order valence-corrected chi connectivity index (χ3v) is 2.31. The van der Waals surface area contributed by atoms with Crippen molar-refractivity contribution in [1.29, 1.82) is 0 Å². The van der Waals surface area contributed by atoms with E-state index in [1.54, 1.807) is 18.2 Å². The summed E-state index contributed by atoms with van der Waals surface area (Å²) >= 11 is 0. The van der Waals surface area contributed by atoms with Gasteiger partial charge in [-0.05, 0) is 24.7 Å². The summed E-state index contributed by atoms with van der Waals surface area (Å²) in [4.78, 5) is 12.8.